The minimum atomic E-state index is -0.571. The van der Waals surface area contributed by atoms with Crippen molar-refractivity contribution in [3.8, 4) is 0 Å². The molecule has 2 rings (SSSR count). The van der Waals surface area contributed by atoms with Gasteiger partial charge in [0.1, 0.15) is 0 Å². The minimum Gasteiger partial charge on any atom is -0.320 e. The van der Waals surface area contributed by atoms with Crippen molar-refractivity contribution >= 4 is 56.4 Å². The van der Waals surface area contributed by atoms with E-state index < -0.39 is 10.8 Å². The zero-order chi connectivity index (χ0) is 15.6. The van der Waals surface area contributed by atoms with E-state index in [2.05, 4.69) is 21.2 Å². The molecule has 0 heterocycles. The van der Waals surface area contributed by atoms with Crippen LogP contribution >= 0.6 is 39.1 Å². The van der Waals surface area contributed by atoms with Crippen molar-refractivity contribution in [2.75, 3.05) is 5.32 Å². The highest BCUT2D eigenvalue weighted by Crippen LogP contribution is 2.28. The van der Waals surface area contributed by atoms with Crippen molar-refractivity contribution in [1.29, 1.82) is 0 Å². The number of carbonyl (C=O) groups is 1. The molecule has 0 spiro atoms. The van der Waals surface area contributed by atoms with Gasteiger partial charge in [-0.2, -0.15) is 0 Å². The van der Waals surface area contributed by atoms with E-state index >= 15 is 0 Å². The van der Waals surface area contributed by atoms with Crippen molar-refractivity contribution < 1.29 is 9.72 Å². The molecule has 21 heavy (non-hydrogen) atoms. The van der Waals surface area contributed by atoms with Gasteiger partial charge in [-0.25, -0.2) is 0 Å². The Morgan fingerprint density at radius 2 is 1.81 bits per heavy atom. The molecule has 0 radical (unpaired) electrons. The predicted octanol–water partition coefficient (Wildman–Crippen LogP) is 4.92. The summed E-state index contributed by atoms with van der Waals surface area (Å²) in [5, 5.41) is 13.7. The van der Waals surface area contributed by atoms with Crippen molar-refractivity contribution in [3.63, 3.8) is 0 Å². The quantitative estimate of drug-likeness (QED) is 0.598. The second-order valence-electron chi connectivity index (χ2n) is 4.00. The summed E-state index contributed by atoms with van der Waals surface area (Å²) in [6, 6.07) is 8.59. The molecule has 1 N–H and O–H groups in total. The molecule has 2 aromatic rings. The Hall–Kier alpha value is -1.63. The zero-order valence-corrected chi connectivity index (χ0v) is 13.4. The van der Waals surface area contributed by atoms with Crippen LogP contribution in [0, 0.1) is 10.1 Å². The molecule has 5 nitrogen and oxygen atoms in total. The average Bonchev–Trinajstić information content (AvgIpc) is 2.43. The summed E-state index contributed by atoms with van der Waals surface area (Å²) in [5.41, 5.74) is 0.204. The first kappa shape index (κ1) is 15.8. The lowest BCUT2D eigenvalue weighted by molar-refractivity contribution is -0.384. The highest BCUT2D eigenvalue weighted by Gasteiger charge is 2.15. The summed E-state index contributed by atoms with van der Waals surface area (Å²) in [6.45, 7) is 0. The van der Waals surface area contributed by atoms with Gasteiger partial charge in [0.2, 0.25) is 0 Å². The van der Waals surface area contributed by atoms with Gasteiger partial charge in [-0.15, -0.1) is 0 Å². The summed E-state index contributed by atoms with van der Waals surface area (Å²) in [7, 11) is 0. The maximum Gasteiger partial charge on any atom is 0.271 e. The van der Waals surface area contributed by atoms with Gasteiger partial charge in [-0.1, -0.05) is 39.1 Å². The number of rotatable bonds is 3. The van der Waals surface area contributed by atoms with Crippen molar-refractivity contribution in [3.05, 3.63) is 66.6 Å². The molecule has 0 saturated heterocycles. The first-order valence-corrected chi connectivity index (χ1v) is 7.13. The number of nitrogens with one attached hydrogen (secondary N) is 1. The van der Waals surface area contributed by atoms with Gasteiger partial charge >= 0.3 is 0 Å². The van der Waals surface area contributed by atoms with Crippen LogP contribution in [-0.2, 0) is 0 Å². The summed E-state index contributed by atoms with van der Waals surface area (Å²) >= 11 is 15.1. The van der Waals surface area contributed by atoms with Crippen LogP contribution in [-0.4, -0.2) is 10.8 Å². The minimum absolute atomic E-state index is 0.145. The number of carbonyl (C=O) groups excluding carboxylic acids is 1. The molecule has 1 amide bonds. The molecule has 0 fully saturated rings. The third kappa shape index (κ3) is 3.72. The largest absolute Gasteiger partial charge is 0.320 e. The number of nitro benzene ring substituents is 1. The van der Waals surface area contributed by atoms with Gasteiger partial charge in [0.25, 0.3) is 11.6 Å². The Kier molecular flexibility index (Phi) is 4.82. The van der Waals surface area contributed by atoms with Crippen molar-refractivity contribution in [2.45, 2.75) is 0 Å². The lowest BCUT2D eigenvalue weighted by Crippen LogP contribution is -2.13. The summed E-state index contributed by atoms with van der Waals surface area (Å²) < 4.78 is 0.683. The van der Waals surface area contributed by atoms with Crippen molar-refractivity contribution in [1.82, 2.24) is 0 Å². The molecular formula is C13H7BrCl2N2O3. The monoisotopic (exact) mass is 388 g/mol. The number of nitrogens with zero attached hydrogens (tertiary/aromatic N) is 1. The molecule has 0 unspecified atom stereocenters. The highest BCUT2D eigenvalue weighted by molar-refractivity contribution is 9.10. The zero-order valence-electron chi connectivity index (χ0n) is 10.3. The number of benzene rings is 2. The molecule has 0 saturated carbocycles. The van der Waals surface area contributed by atoms with E-state index in [9.17, 15) is 14.9 Å². The fraction of sp³-hybridized carbons (Fsp3) is 0. The van der Waals surface area contributed by atoms with Crippen LogP contribution < -0.4 is 5.32 Å². The second-order valence-corrected chi connectivity index (χ2v) is 5.73. The van der Waals surface area contributed by atoms with E-state index in [1.165, 1.54) is 18.2 Å². The molecule has 0 aromatic heterocycles. The molecule has 2 aromatic carbocycles. The Morgan fingerprint density at radius 1 is 1.14 bits per heavy atom. The van der Waals surface area contributed by atoms with Gasteiger partial charge in [0, 0.05) is 16.6 Å². The van der Waals surface area contributed by atoms with Crippen LogP contribution in [0.4, 0.5) is 11.4 Å². The first-order valence-electron chi connectivity index (χ1n) is 5.59. The molecule has 0 aliphatic rings. The van der Waals surface area contributed by atoms with Crippen LogP contribution in [0.2, 0.25) is 10.0 Å². The van der Waals surface area contributed by atoms with E-state index in [1.807, 2.05) is 0 Å². The Labute approximate surface area is 138 Å². The normalized spacial score (nSPS) is 10.2. The first-order chi connectivity index (χ1) is 9.88. The maximum absolute atomic E-state index is 12.2. The van der Waals surface area contributed by atoms with E-state index in [0.717, 1.165) is 0 Å². The summed E-state index contributed by atoms with van der Waals surface area (Å²) in [6.07, 6.45) is 0. The number of nitro groups is 1. The van der Waals surface area contributed by atoms with Crippen LogP contribution in [0.1, 0.15) is 10.4 Å². The number of non-ortho nitro benzene ring substituents is 1. The van der Waals surface area contributed by atoms with E-state index in [0.29, 0.717) is 4.47 Å². The fourth-order valence-corrected chi connectivity index (χ4v) is 2.31. The fourth-order valence-electron chi connectivity index (χ4n) is 1.58. The van der Waals surface area contributed by atoms with Crippen LogP contribution in [0.3, 0.4) is 0 Å². The highest BCUT2D eigenvalue weighted by atomic mass is 79.9. The molecular weight excluding hydrogens is 383 g/mol. The topological polar surface area (TPSA) is 72.2 Å². The lowest BCUT2D eigenvalue weighted by Gasteiger charge is -2.08. The molecule has 0 bridgehead atoms. The second kappa shape index (κ2) is 6.43. The third-order valence-electron chi connectivity index (χ3n) is 2.58. The molecule has 0 aliphatic carbocycles. The Morgan fingerprint density at radius 3 is 2.48 bits per heavy atom. The van der Waals surface area contributed by atoms with E-state index in [-0.39, 0.29) is 27.0 Å². The summed E-state index contributed by atoms with van der Waals surface area (Å²) in [4.78, 5) is 22.3. The van der Waals surface area contributed by atoms with Crippen LogP contribution in [0.25, 0.3) is 0 Å². The van der Waals surface area contributed by atoms with Crippen LogP contribution in [0.15, 0.2) is 40.9 Å². The molecule has 0 aliphatic heterocycles. The molecule has 108 valence electrons. The average molecular weight is 390 g/mol. The smallest absolute Gasteiger partial charge is 0.271 e. The number of halogens is 3. The lowest BCUT2D eigenvalue weighted by atomic mass is 10.2. The number of hydrogen-bond acceptors (Lipinski definition) is 3. The molecule has 8 heteroatoms. The van der Waals surface area contributed by atoms with Gasteiger partial charge in [-0.05, 0) is 24.3 Å². The van der Waals surface area contributed by atoms with Crippen molar-refractivity contribution in [2.24, 2.45) is 0 Å². The Balaban J connectivity index is 2.33. The summed E-state index contributed by atoms with van der Waals surface area (Å²) in [5.74, 6) is -0.510. The standard InChI is InChI=1S/C13H7BrCl2N2O3/c14-7-1-3-10(15)9(5-7)13(19)17-12-6-8(18(20)21)2-4-11(12)16/h1-6H,(H,17,19). The van der Waals surface area contributed by atoms with E-state index in [1.54, 1.807) is 18.2 Å². The van der Waals surface area contributed by atoms with Crippen LogP contribution in [0.5, 0.6) is 0 Å². The van der Waals surface area contributed by atoms with E-state index in [4.69, 9.17) is 23.2 Å². The maximum atomic E-state index is 12.2. The Bertz CT molecular complexity index is 737. The third-order valence-corrected chi connectivity index (χ3v) is 3.73. The van der Waals surface area contributed by atoms with Gasteiger partial charge in [-0.3, -0.25) is 14.9 Å². The van der Waals surface area contributed by atoms with Gasteiger partial charge in [0.15, 0.2) is 0 Å². The SMILES string of the molecule is O=C(Nc1cc([N+](=O)[O-])ccc1Cl)c1cc(Br)ccc1Cl. The number of anilines is 1. The molecule has 0 atom stereocenters. The predicted molar refractivity (Wildman–Crippen MR) is 85.2 cm³/mol. The van der Waals surface area contributed by atoms with Gasteiger partial charge in [0.05, 0.1) is 26.2 Å². The number of amides is 1. The van der Waals surface area contributed by atoms with Gasteiger partial charge < -0.3 is 5.32 Å². The number of hydrogen-bond donors (Lipinski definition) is 1.